The summed E-state index contributed by atoms with van der Waals surface area (Å²) in [5.41, 5.74) is 1.42. The molecule has 3 heterocycles. The van der Waals surface area contributed by atoms with Crippen LogP contribution in [0.25, 0.3) is 11.4 Å². The second-order valence-corrected chi connectivity index (χ2v) is 7.31. The Morgan fingerprint density at radius 2 is 1.93 bits per heavy atom. The fourth-order valence-electron chi connectivity index (χ4n) is 3.54. The molecule has 0 radical (unpaired) electrons. The Bertz CT molecular complexity index is 987. The molecule has 0 spiro atoms. The van der Waals surface area contributed by atoms with Gasteiger partial charge in [-0.3, -0.25) is 9.59 Å². The Kier molecular flexibility index (Phi) is 5.92. The summed E-state index contributed by atoms with van der Waals surface area (Å²) in [6, 6.07) is 10.8. The Morgan fingerprint density at radius 3 is 2.57 bits per heavy atom. The Hall–Kier alpha value is -3.42. The number of aromatic nitrogens is 2. The molecule has 0 saturated carbocycles. The SMILES string of the molecule is CCc1nc(-c2ccc(C(=O)N3CCC(C(=O)NCc4ccco4)CC3)cc2)no1. The van der Waals surface area contributed by atoms with Crippen LogP contribution in [0.15, 0.2) is 51.6 Å². The van der Waals surface area contributed by atoms with Gasteiger partial charge in [-0.1, -0.05) is 24.2 Å². The summed E-state index contributed by atoms with van der Waals surface area (Å²) in [5, 5.41) is 6.86. The molecule has 1 saturated heterocycles. The zero-order valence-electron chi connectivity index (χ0n) is 16.8. The van der Waals surface area contributed by atoms with Gasteiger partial charge in [-0.05, 0) is 37.1 Å². The minimum absolute atomic E-state index is 0.00872. The molecule has 2 amide bonds. The molecular formula is C22H24N4O4. The number of benzene rings is 1. The number of rotatable bonds is 6. The van der Waals surface area contributed by atoms with E-state index in [1.54, 1.807) is 29.4 Å². The van der Waals surface area contributed by atoms with E-state index in [0.29, 0.717) is 56.2 Å². The lowest BCUT2D eigenvalue weighted by atomic mass is 9.95. The molecule has 30 heavy (non-hydrogen) atoms. The van der Waals surface area contributed by atoms with Gasteiger partial charge in [0.25, 0.3) is 5.91 Å². The molecule has 0 unspecified atom stereocenters. The highest BCUT2D eigenvalue weighted by atomic mass is 16.5. The van der Waals surface area contributed by atoms with Gasteiger partial charge in [0.1, 0.15) is 5.76 Å². The van der Waals surface area contributed by atoms with E-state index < -0.39 is 0 Å². The number of aryl methyl sites for hydroxylation is 1. The third-order valence-corrected chi connectivity index (χ3v) is 5.33. The fourth-order valence-corrected chi connectivity index (χ4v) is 3.54. The lowest BCUT2D eigenvalue weighted by molar-refractivity contribution is -0.126. The molecule has 0 atom stereocenters. The van der Waals surface area contributed by atoms with Gasteiger partial charge in [0.2, 0.25) is 17.6 Å². The van der Waals surface area contributed by atoms with Crippen molar-refractivity contribution in [3.05, 3.63) is 59.9 Å². The first kappa shape index (κ1) is 19.9. The Morgan fingerprint density at radius 1 is 1.17 bits per heavy atom. The summed E-state index contributed by atoms with van der Waals surface area (Å²) in [6.45, 7) is 3.46. The van der Waals surface area contributed by atoms with Gasteiger partial charge in [0.05, 0.1) is 12.8 Å². The maximum Gasteiger partial charge on any atom is 0.253 e. The number of amides is 2. The fraction of sp³-hybridized carbons (Fsp3) is 0.364. The quantitative estimate of drug-likeness (QED) is 0.673. The van der Waals surface area contributed by atoms with Crippen LogP contribution in [0.3, 0.4) is 0 Å². The predicted molar refractivity (Wildman–Crippen MR) is 108 cm³/mol. The van der Waals surface area contributed by atoms with Gasteiger partial charge >= 0.3 is 0 Å². The second kappa shape index (κ2) is 8.94. The molecule has 1 fully saturated rings. The van der Waals surface area contributed by atoms with Crippen molar-refractivity contribution < 1.29 is 18.5 Å². The summed E-state index contributed by atoms with van der Waals surface area (Å²) in [7, 11) is 0. The summed E-state index contributed by atoms with van der Waals surface area (Å²) in [5.74, 6) is 1.73. The molecule has 2 aromatic heterocycles. The van der Waals surface area contributed by atoms with Crippen LogP contribution in [0, 0.1) is 5.92 Å². The number of likely N-dealkylation sites (tertiary alicyclic amines) is 1. The van der Waals surface area contributed by atoms with Crippen molar-refractivity contribution in [1.82, 2.24) is 20.4 Å². The van der Waals surface area contributed by atoms with Crippen LogP contribution in [-0.2, 0) is 17.8 Å². The van der Waals surface area contributed by atoms with Crippen molar-refractivity contribution in [2.24, 2.45) is 5.92 Å². The molecule has 3 aromatic rings. The molecule has 1 aliphatic rings. The Labute approximate surface area is 174 Å². The highest BCUT2D eigenvalue weighted by molar-refractivity contribution is 5.94. The lowest BCUT2D eigenvalue weighted by Gasteiger charge is -2.31. The first-order valence-corrected chi connectivity index (χ1v) is 10.2. The predicted octanol–water partition coefficient (Wildman–Crippen LogP) is 3.06. The number of carbonyl (C=O) groups is 2. The van der Waals surface area contributed by atoms with Crippen LogP contribution < -0.4 is 5.32 Å². The molecule has 8 nitrogen and oxygen atoms in total. The summed E-state index contributed by atoms with van der Waals surface area (Å²) < 4.78 is 10.4. The van der Waals surface area contributed by atoms with E-state index in [4.69, 9.17) is 8.94 Å². The van der Waals surface area contributed by atoms with Crippen LogP contribution in [0.2, 0.25) is 0 Å². The van der Waals surface area contributed by atoms with E-state index in [1.165, 1.54) is 0 Å². The number of hydrogen-bond donors (Lipinski definition) is 1. The van der Waals surface area contributed by atoms with Gasteiger partial charge in [0.15, 0.2) is 0 Å². The van der Waals surface area contributed by atoms with Gasteiger partial charge in [-0.15, -0.1) is 0 Å². The minimum Gasteiger partial charge on any atom is -0.467 e. The molecule has 0 bridgehead atoms. The topological polar surface area (TPSA) is 101 Å². The van der Waals surface area contributed by atoms with Crippen molar-refractivity contribution in [2.75, 3.05) is 13.1 Å². The number of hydrogen-bond acceptors (Lipinski definition) is 6. The first-order valence-electron chi connectivity index (χ1n) is 10.2. The van der Waals surface area contributed by atoms with Crippen LogP contribution in [0.4, 0.5) is 0 Å². The number of piperidine rings is 1. The van der Waals surface area contributed by atoms with E-state index in [-0.39, 0.29) is 17.7 Å². The normalized spacial score (nSPS) is 14.6. The second-order valence-electron chi connectivity index (χ2n) is 7.31. The monoisotopic (exact) mass is 408 g/mol. The summed E-state index contributed by atoms with van der Waals surface area (Å²) in [4.78, 5) is 31.3. The zero-order chi connectivity index (χ0) is 20.9. The van der Waals surface area contributed by atoms with E-state index in [1.807, 2.05) is 25.1 Å². The maximum absolute atomic E-state index is 12.8. The third kappa shape index (κ3) is 4.42. The van der Waals surface area contributed by atoms with Crippen LogP contribution >= 0.6 is 0 Å². The van der Waals surface area contributed by atoms with Gasteiger partial charge < -0.3 is 19.2 Å². The largest absolute Gasteiger partial charge is 0.467 e. The van der Waals surface area contributed by atoms with Crippen LogP contribution in [-0.4, -0.2) is 39.9 Å². The molecule has 1 aromatic carbocycles. The van der Waals surface area contributed by atoms with Gasteiger partial charge in [-0.2, -0.15) is 4.98 Å². The summed E-state index contributed by atoms with van der Waals surface area (Å²) >= 11 is 0. The summed E-state index contributed by atoms with van der Waals surface area (Å²) in [6.07, 6.45) is 3.57. The van der Waals surface area contributed by atoms with Crippen molar-refractivity contribution in [3.8, 4) is 11.4 Å². The smallest absolute Gasteiger partial charge is 0.253 e. The molecule has 0 aliphatic carbocycles. The van der Waals surface area contributed by atoms with E-state index in [0.717, 1.165) is 11.3 Å². The highest BCUT2D eigenvalue weighted by Gasteiger charge is 2.27. The first-order chi connectivity index (χ1) is 14.6. The molecule has 1 aliphatic heterocycles. The molecular weight excluding hydrogens is 384 g/mol. The molecule has 1 N–H and O–H groups in total. The number of carbonyl (C=O) groups excluding carboxylic acids is 2. The van der Waals surface area contributed by atoms with Crippen molar-refractivity contribution in [2.45, 2.75) is 32.7 Å². The maximum atomic E-state index is 12.8. The van der Waals surface area contributed by atoms with Crippen molar-refractivity contribution in [1.29, 1.82) is 0 Å². The zero-order valence-corrected chi connectivity index (χ0v) is 16.8. The number of nitrogens with one attached hydrogen (secondary N) is 1. The van der Waals surface area contributed by atoms with Gasteiger partial charge in [-0.25, -0.2) is 0 Å². The van der Waals surface area contributed by atoms with E-state index in [9.17, 15) is 9.59 Å². The van der Waals surface area contributed by atoms with Crippen molar-refractivity contribution >= 4 is 11.8 Å². The highest BCUT2D eigenvalue weighted by Crippen LogP contribution is 2.21. The molecule has 4 rings (SSSR count). The van der Waals surface area contributed by atoms with Crippen LogP contribution in [0.5, 0.6) is 0 Å². The third-order valence-electron chi connectivity index (χ3n) is 5.33. The van der Waals surface area contributed by atoms with E-state index in [2.05, 4.69) is 15.5 Å². The minimum atomic E-state index is -0.0858. The molecule has 156 valence electrons. The average Bonchev–Trinajstić information content (AvgIpc) is 3.49. The van der Waals surface area contributed by atoms with E-state index >= 15 is 0 Å². The molecule has 8 heteroatoms. The lowest BCUT2D eigenvalue weighted by Crippen LogP contribution is -2.42. The Balaban J connectivity index is 1.30. The van der Waals surface area contributed by atoms with Gasteiger partial charge in [0, 0.05) is 36.6 Å². The van der Waals surface area contributed by atoms with Crippen LogP contribution in [0.1, 0.15) is 41.8 Å². The average molecular weight is 408 g/mol. The number of furan rings is 1. The number of nitrogens with zero attached hydrogens (tertiary/aromatic N) is 3. The van der Waals surface area contributed by atoms with Crippen molar-refractivity contribution in [3.63, 3.8) is 0 Å². The standard InChI is InChI=1S/C22H24N4O4/c1-2-19-24-20(25-30-19)15-5-7-17(8-6-15)22(28)26-11-9-16(10-12-26)21(27)23-14-18-4-3-13-29-18/h3-8,13,16H,2,9-12,14H2,1H3,(H,23,27).